The van der Waals surface area contributed by atoms with Crippen LogP contribution in [-0.4, -0.2) is 31.9 Å². The van der Waals surface area contributed by atoms with Crippen LogP contribution in [0.2, 0.25) is 0 Å². The molecule has 0 aliphatic heterocycles. The molecular formula is C19H27N7S. The van der Waals surface area contributed by atoms with Crippen LogP contribution in [0.4, 0.5) is 16.8 Å². The number of aryl methyl sites for hydroxylation is 1. The average molecular weight is 386 g/mol. The topological polar surface area (TPSA) is 102 Å². The van der Waals surface area contributed by atoms with E-state index in [-0.39, 0.29) is 0 Å². The molecule has 0 spiro atoms. The van der Waals surface area contributed by atoms with Crippen LogP contribution in [0.1, 0.15) is 44.7 Å². The van der Waals surface area contributed by atoms with Gasteiger partial charge in [-0.05, 0) is 56.0 Å². The molecule has 7 nitrogen and oxygen atoms in total. The van der Waals surface area contributed by atoms with E-state index >= 15 is 0 Å². The molecule has 0 atom stereocenters. The van der Waals surface area contributed by atoms with Crippen LogP contribution in [0.3, 0.4) is 0 Å². The second-order valence-electron chi connectivity index (χ2n) is 6.61. The highest BCUT2D eigenvalue weighted by Gasteiger charge is 2.17. The van der Waals surface area contributed by atoms with E-state index in [0.717, 1.165) is 34.1 Å². The van der Waals surface area contributed by atoms with Crippen LogP contribution in [0, 0.1) is 6.92 Å². The number of aromatic nitrogens is 4. The van der Waals surface area contributed by atoms with Gasteiger partial charge in [0, 0.05) is 12.2 Å². The summed E-state index contributed by atoms with van der Waals surface area (Å²) in [4.78, 5) is 13.7. The van der Waals surface area contributed by atoms with E-state index in [4.69, 9.17) is 5.73 Å². The SMILES string of the molecule is CCN.Cc1cc(Nc2nc(NC3CCCCC3)c3ncccc3n2)sn1. The number of nitrogens with zero attached hydrogens (tertiary/aromatic N) is 4. The minimum Gasteiger partial charge on any atom is -0.365 e. The summed E-state index contributed by atoms with van der Waals surface area (Å²) in [6.07, 6.45) is 8.05. The van der Waals surface area contributed by atoms with Gasteiger partial charge in [-0.3, -0.25) is 4.98 Å². The van der Waals surface area contributed by atoms with Gasteiger partial charge in [-0.2, -0.15) is 9.36 Å². The van der Waals surface area contributed by atoms with Crippen molar-refractivity contribution in [3.63, 3.8) is 0 Å². The van der Waals surface area contributed by atoms with E-state index in [1.54, 1.807) is 6.20 Å². The number of nitrogens with two attached hydrogens (primary N) is 1. The summed E-state index contributed by atoms with van der Waals surface area (Å²) in [5, 5.41) is 7.79. The Morgan fingerprint density at radius 2 is 2.00 bits per heavy atom. The lowest BCUT2D eigenvalue weighted by Gasteiger charge is -2.23. The fourth-order valence-electron chi connectivity index (χ4n) is 3.10. The molecule has 4 rings (SSSR count). The lowest BCUT2D eigenvalue weighted by Crippen LogP contribution is -2.23. The smallest absolute Gasteiger partial charge is 0.230 e. The van der Waals surface area contributed by atoms with Crippen molar-refractivity contribution in [3.05, 3.63) is 30.1 Å². The summed E-state index contributed by atoms with van der Waals surface area (Å²) in [7, 11) is 0. The molecule has 1 aliphatic rings. The van der Waals surface area contributed by atoms with Crippen LogP contribution >= 0.6 is 11.5 Å². The van der Waals surface area contributed by atoms with Crippen molar-refractivity contribution in [3.8, 4) is 0 Å². The molecular weight excluding hydrogens is 358 g/mol. The van der Waals surface area contributed by atoms with Crippen molar-refractivity contribution >= 4 is 39.3 Å². The van der Waals surface area contributed by atoms with Crippen molar-refractivity contribution in [1.29, 1.82) is 0 Å². The van der Waals surface area contributed by atoms with Gasteiger partial charge in [0.1, 0.15) is 10.5 Å². The Morgan fingerprint density at radius 3 is 2.70 bits per heavy atom. The third-order valence-electron chi connectivity index (χ3n) is 4.26. The largest absolute Gasteiger partial charge is 0.365 e. The molecule has 0 saturated heterocycles. The maximum absolute atomic E-state index is 4.85. The highest BCUT2D eigenvalue weighted by atomic mass is 32.1. The molecule has 144 valence electrons. The zero-order valence-electron chi connectivity index (χ0n) is 15.9. The van der Waals surface area contributed by atoms with Crippen LogP contribution in [0.25, 0.3) is 11.0 Å². The van der Waals surface area contributed by atoms with Gasteiger partial charge >= 0.3 is 0 Å². The second kappa shape index (κ2) is 9.57. The number of hydrogen-bond acceptors (Lipinski definition) is 8. The van der Waals surface area contributed by atoms with E-state index < -0.39 is 0 Å². The summed E-state index contributed by atoms with van der Waals surface area (Å²) in [5.74, 6) is 1.40. The number of rotatable bonds is 4. The van der Waals surface area contributed by atoms with Crippen molar-refractivity contribution < 1.29 is 0 Å². The number of nitrogens with one attached hydrogen (secondary N) is 2. The van der Waals surface area contributed by atoms with Crippen LogP contribution < -0.4 is 16.4 Å². The van der Waals surface area contributed by atoms with Crippen molar-refractivity contribution in [2.24, 2.45) is 5.73 Å². The molecule has 8 heteroatoms. The first-order valence-electron chi connectivity index (χ1n) is 9.49. The van der Waals surface area contributed by atoms with Gasteiger partial charge in [0.25, 0.3) is 0 Å². The average Bonchev–Trinajstić information content (AvgIpc) is 3.08. The first kappa shape index (κ1) is 19.4. The molecule has 0 amide bonds. The predicted octanol–water partition coefficient (Wildman–Crippen LogP) is 4.24. The monoisotopic (exact) mass is 385 g/mol. The molecule has 4 N–H and O–H groups in total. The Bertz CT molecular complexity index is 858. The lowest BCUT2D eigenvalue weighted by atomic mass is 9.95. The highest BCUT2D eigenvalue weighted by molar-refractivity contribution is 7.10. The summed E-state index contributed by atoms with van der Waals surface area (Å²) in [6, 6.07) is 6.34. The summed E-state index contributed by atoms with van der Waals surface area (Å²) in [5.41, 5.74) is 7.51. The molecule has 0 radical (unpaired) electrons. The molecule has 3 heterocycles. The Morgan fingerprint density at radius 1 is 1.22 bits per heavy atom. The molecule has 1 fully saturated rings. The summed E-state index contributed by atoms with van der Waals surface area (Å²) in [6.45, 7) is 4.63. The molecule has 0 bridgehead atoms. The first-order chi connectivity index (χ1) is 13.2. The quantitative estimate of drug-likeness (QED) is 0.617. The van der Waals surface area contributed by atoms with Crippen molar-refractivity contribution in [2.75, 3.05) is 17.2 Å². The van der Waals surface area contributed by atoms with E-state index in [2.05, 4.69) is 30.0 Å². The Hall–Kier alpha value is -2.32. The molecule has 3 aromatic heterocycles. The van der Waals surface area contributed by atoms with E-state index in [0.29, 0.717) is 12.0 Å². The highest BCUT2D eigenvalue weighted by Crippen LogP contribution is 2.27. The zero-order chi connectivity index (χ0) is 19.1. The van der Waals surface area contributed by atoms with Gasteiger partial charge in [0.15, 0.2) is 5.82 Å². The number of fused-ring (bicyclic) bond motifs is 1. The maximum atomic E-state index is 4.85. The molecule has 0 aromatic carbocycles. The molecule has 1 aliphatic carbocycles. The molecule has 1 saturated carbocycles. The van der Waals surface area contributed by atoms with Crippen LogP contribution in [-0.2, 0) is 0 Å². The minimum atomic E-state index is 0.470. The second-order valence-corrected chi connectivity index (χ2v) is 7.42. The maximum Gasteiger partial charge on any atom is 0.230 e. The number of hydrogen-bond donors (Lipinski definition) is 3. The number of anilines is 3. The van der Waals surface area contributed by atoms with Crippen LogP contribution in [0.15, 0.2) is 24.4 Å². The Balaban J connectivity index is 0.000000659. The van der Waals surface area contributed by atoms with E-state index in [1.165, 1.54) is 43.6 Å². The fraction of sp³-hybridized carbons (Fsp3) is 0.474. The predicted molar refractivity (Wildman–Crippen MR) is 113 cm³/mol. The van der Waals surface area contributed by atoms with E-state index in [9.17, 15) is 0 Å². The molecule has 0 unspecified atom stereocenters. The number of pyridine rings is 1. The van der Waals surface area contributed by atoms with Gasteiger partial charge in [-0.15, -0.1) is 0 Å². The lowest BCUT2D eigenvalue weighted by molar-refractivity contribution is 0.462. The first-order valence-corrected chi connectivity index (χ1v) is 10.3. The van der Waals surface area contributed by atoms with Gasteiger partial charge in [-0.25, -0.2) is 4.98 Å². The van der Waals surface area contributed by atoms with Crippen molar-refractivity contribution in [1.82, 2.24) is 19.3 Å². The van der Waals surface area contributed by atoms with Gasteiger partial charge in [0.05, 0.1) is 11.2 Å². The summed E-state index contributed by atoms with van der Waals surface area (Å²) >= 11 is 1.41. The van der Waals surface area contributed by atoms with Crippen LogP contribution in [0.5, 0.6) is 0 Å². The van der Waals surface area contributed by atoms with Gasteiger partial charge < -0.3 is 16.4 Å². The molecule has 3 aromatic rings. The van der Waals surface area contributed by atoms with Gasteiger partial charge in [-0.1, -0.05) is 26.2 Å². The standard InChI is InChI=1S/C17H20N6S.C2H7N/c1-11-10-14(24-23-11)21-17-20-13-8-5-9-18-15(13)16(22-17)19-12-6-3-2-4-7-12;1-2-3/h5,8-10,12H,2-4,6-7H2,1H3,(H2,19,20,21,22);2-3H2,1H3. The minimum absolute atomic E-state index is 0.470. The Labute approximate surface area is 164 Å². The van der Waals surface area contributed by atoms with Crippen molar-refractivity contribution in [2.45, 2.75) is 52.0 Å². The normalized spacial score (nSPS) is 14.5. The summed E-state index contributed by atoms with van der Waals surface area (Å²) < 4.78 is 4.29. The zero-order valence-corrected chi connectivity index (χ0v) is 16.7. The third kappa shape index (κ3) is 5.33. The van der Waals surface area contributed by atoms with Gasteiger partial charge in [0.2, 0.25) is 5.95 Å². The van der Waals surface area contributed by atoms with E-state index in [1.807, 2.05) is 32.0 Å². The Kier molecular flexibility index (Phi) is 6.89. The third-order valence-corrected chi connectivity index (χ3v) is 5.06. The molecule has 27 heavy (non-hydrogen) atoms. The fourth-order valence-corrected chi connectivity index (χ4v) is 3.75.